The fourth-order valence-corrected chi connectivity index (χ4v) is 3.53. The van der Waals surface area contributed by atoms with Crippen LogP contribution in [0.5, 0.6) is 0 Å². The molecular formula is C21H21N7O. The third-order valence-corrected chi connectivity index (χ3v) is 5.01. The van der Waals surface area contributed by atoms with Crippen LogP contribution in [-0.4, -0.2) is 31.6 Å². The number of anilines is 2. The molecule has 0 saturated heterocycles. The first-order valence-corrected chi connectivity index (χ1v) is 9.52. The van der Waals surface area contributed by atoms with Crippen LogP contribution in [0.2, 0.25) is 0 Å². The summed E-state index contributed by atoms with van der Waals surface area (Å²) in [5.41, 5.74) is 1.29. The number of hydrogen-bond donors (Lipinski definition) is 2. The molecule has 1 fully saturated rings. The molecule has 1 saturated carbocycles. The van der Waals surface area contributed by atoms with Gasteiger partial charge in [-0.1, -0.05) is 0 Å². The van der Waals surface area contributed by atoms with Crippen molar-refractivity contribution in [3.05, 3.63) is 70.7 Å². The average Bonchev–Trinajstić information content (AvgIpc) is 3.17. The second-order valence-electron chi connectivity index (χ2n) is 7.15. The van der Waals surface area contributed by atoms with Crippen molar-refractivity contribution in [3.63, 3.8) is 0 Å². The number of hydrogen-bond acceptors (Lipinski definition) is 7. The number of aromatic nitrogens is 4. The first-order valence-electron chi connectivity index (χ1n) is 9.52. The molecule has 0 spiro atoms. The van der Waals surface area contributed by atoms with Gasteiger partial charge in [0.05, 0.1) is 30.0 Å². The van der Waals surface area contributed by atoms with Crippen LogP contribution in [-0.2, 0) is 0 Å². The Morgan fingerprint density at radius 2 is 1.79 bits per heavy atom. The van der Waals surface area contributed by atoms with Crippen LogP contribution in [0.25, 0.3) is 5.69 Å². The van der Waals surface area contributed by atoms with Gasteiger partial charge in [-0.15, -0.1) is 0 Å². The van der Waals surface area contributed by atoms with Gasteiger partial charge in [-0.25, -0.2) is 9.97 Å². The summed E-state index contributed by atoms with van der Waals surface area (Å²) in [6, 6.07) is 9.43. The van der Waals surface area contributed by atoms with Crippen LogP contribution < -0.4 is 16.2 Å². The minimum atomic E-state index is -0.346. The normalized spacial score (nSPS) is 18.2. The van der Waals surface area contributed by atoms with Crippen molar-refractivity contribution in [1.29, 1.82) is 5.26 Å². The van der Waals surface area contributed by atoms with Gasteiger partial charge in [0, 0.05) is 18.3 Å². The van der Waals surface area contributed by atoms with Gasteiger partial charge in [0.15, 0.2) is 0 Å². The Hall–Kier alpha value is -3.73. The van der Waals surface area contributed by atoms with Crippen LogP contribution in [0, 0.1) is 18.3 Å². The average molecular weight is 387 g/mol. The minimum Gasteiger partial charge on any atom is -0.367 e. The number of aryl methyl sites for hydroxylation is 1. The highest BCUT2D eigenvalue weighted by Gasteiger charge is 2.25. The Morgan fingerprint density at radius 3 is 2.45 bits per heavy atom. The molecular weight excluding hydrogens is 366 g/mol. The second-order valence-corrected chi connectivity index (χ2v) is 7.15. The third kappa shape index (κ3) is 4.24. The van der Waals surface area contributed by atoms with Gasteiger partial charge in [0.1, 0.15) is 23.3 Å². The van der Waals surface area contributed by atoms with Crippen molar-refractivity contribution in [3.8, 4) is 11.8 Å². The lowest BCUT2D eigenvalue weighted by atomic mass is 10.2. The summed E-state index contributed by atoms with van der Waals surface area (Å²) in [4.78, 5) is 25.3. The van der Waals surface area contributed by atoms with E-state index in [-0.39, 0.29) is 11.1 Å². The highest BCUT2D eigenvalue weighted by Crippen LogP contribution is 2.25. The fourth-order valence-electron chi connectivity index (χ4n) is 3.53. The van der Waals surface area contributed by atoms with E-state index in [4.69, 9.17) is 5.26 Å². The molecule has 8 nitrogen and oxygen atoms in total. The van der Waals surface area contributed by atoms with Crippen LogP contribution in [0.1, 0.15) is 30.5 Å². The molecule has 0 unspecified atom stereocenters. The fraction of sp³-hybridized carbons (Fsp3) is 0.286. The number of nitrogens with zero attached hydrogens (tertiary/aromatic N) is 5. The van der Waals surface area contributed by atoms with Gasteiger partial charge in [-0.2, -0.15) is 5.26 Å². The zero-order chi connectivity index (χ0) is 20.2. The first-order chi connectivity index (χ1) is 14.1. The van der Waals surface area contributed by atoms with Gasteiger partial charge in [0.2, 0.25) is 0 Å². The topological polar surface area (TPSA) is 109 Å². The molecule has 2 atom stereocenters. The summed E-state index contributed by atoms with van der Waals surface area (Å²) in [6.07, 6.45) is 9.83. The van der Waals surface area contributed by atoms with Crippen molar-refractivity contribution in [1.82, 2.24) is 19.5 Å². The maximum absolute atomic E-state index is 12.2. The highest BCUT2D eigenvalue weighted by atomic mass is 16.1. The van der Waals surface area contributed by atoms with E-state index >= 15 is 0 Å². The molecule has 1 aliphatic carbocycles. The molecule has 0 aliphatic heterocycles. The molecule has 0 aromatic carbocycles. The minimum absolute atomic E-state index is 0.109. The van der Waals surface area contributed by atoms with E-state index in [1.165, 1.54) is 10.6 Å². The standard InChI is InChI=1S/C21H21N7O/c1-14-11-24-20(13-23-14)27-17-5-4-16(9-17)26-19-7-6-18(12-25-19)28-8-2-3-15(10-22)21(28)29/h2-3,6-8,11-13,16-17H,4-5,9H2,1H3,(H,24,27)(H,25,26)/t16-,17-/m0/s1. The molecule has 2 N–H and O–H groups in total. The lowest BCUT2D eigenvalue weighted by Crippen LogP contribution is -2.22. The zero-order valence-electron chi connectivity index (χ0n) is 16.0. The lowest BCUT2D eigenvalue weighted by Gasteiger charge is -2.16. The molecule has 8 heteroatoms. The summed E-state index contributed by atoms with van der Waals surface area (Å²) >= 11 is 0. The molecule has 4 rings (SSSR count). The Bertz CT molecular complexity index is 1080. The predicted octanol–water partition coefficient (Wildman–Crippen LogP) is 2.65. The largest absolute Gasteiger partial charge is 0.367 e. The molecule has 3 heterocycles. The quantitative estimate of drug-likeness (QED) is 0.693. The molecule has 0 bridgehead atoms. The summed E-state index contributed by atoms with van der Waals surface area (Å²) < 4.78 is 1.42. The number of nitriles is 1. The molecule has 146 valence electrons. The van der Waals surface area contributed by atoms with Crippen LogP contribution in [0.3, 0.4) is 0 Å². The van der Waals surface area contributed by atoms with Gasteiger partial charge >= 0.3 is 0 Å². The van der Waals surface area contributed by atoms with Crippen LogP contribution >= 0.6 is 0 Å². The Labute approximate surface area is 168 Å². The number of pyridine rings is 2. The highest BCUT2D eigenvalue weighted by molar-refractivity contribution is 5.43. The van der Waals surface area contributed by atoms with Gasteiger partial charge in [0.25, 0.3) is 5.56 Å². The van der Waals surface area contributed by atoms with Crippen LogP contribution in [0.15, 0.2) is 53.8 Å². The molecule has 3 aromatic heterocycles. The maximum Gasteiger partial charge on any atom is 0.273 e. The van der Waals surface area contributed by atoms with Crippen LogP contribution in [0.4, 0.5) is 11.6 Å². The molecule has 0 radical (unpaired) electrons. The Balaban J connectivity index is 1.38. The van der Waals surface area contributed by atoms with Gasteiger partial charge < -0.3 is 10.6 Å². The molecule has 3 aromatic rings. The number of nitrogens with one attached hydrogen (secondary N) is 2. The maximum atomic E-state index is 12.2. The van der Waals surface area contributed by atoms with E-state index in [1.807, 2.05) is 25.1 Å². The van der Waals surface area contributed by atoms with Crippen molar-refractivity contribution >= 4 is 11.6 Å². The Kier molecular flexibility index (Phi) is 5.20. The summed E-state index contributed by atoms with van der Waals surface area (Å²) in [5.74, 6) is 1.56. The molecule has 29 heavy (non-hydrogen) atoms. The van der Waals surface area contributed by atoms with E-state index in [1.54, 1.807) is 30.9 Å². The summed E-state index contributed by atoms with van der Waals surface area (Å²) in [6.45, 7) is 1.92. The third-order valence-electron chi connectivity index (χ3n) is 5.01. The smallest absolute Gasteiger partial charge is 0.273 e. The van der Waals surface area contributed by atoms with Gasteiger partial charge in [-0.05, 0) is 50.5 Å². The van der Waals surface area contributed by atoms with Crippen molar-refractivity contribution < 1.29 is 0 Å². The van der Waals surface area contributed by atoms with Crippen molar-refractivity contribution in [2.75, 3.05) is 10.6 Å². The lowest BCUT2D eigenvalue weighted by molar-refractivity contribution is 0.719. The number of rotatable bonds is 5. The summed E-state index contributed by atoms with van der Waals surface area (Å²) in [7, 11) is 0. The monoisotopic (exact) mass is 387 g/mol. The van der Waals surface area contributed by atoms with E-state index < -0.39 is 0 Å². The first kappa shape index (κ1) is 18.6. The second kappa shape index (κ2) is 8.10. The molecule has 1 aliphatic rings. The summed E-state index contributed by atoms with van der Waals surface area (Å²) in [5, 5.41) is 15.9. The Morgan fingerprint density at radius 1 is 1.03 bits per heavy atom. The molecule has 0 amide bonds. The van der Waals surface area contributed by atoms with E-state index in [0.717, 1.165) is 36.6 Å². The van der Waals surface area contributed by atoms with E-state index in [9.17, 15) is 4.79 Å². The van der Waals surface area contributed by atoms with E-state index in [0.29, 0.717) is 17.8 Å². The van der Waals surface area contributed by atoms with E-state index in [2.05, 4.69) is 25.6 Å². The van der Waals surface area contributed by atoms with Crippen molar-refractivity contribution in [2.45, 2.75) is 38.3 Å². The zero-order valence-corrected chi connectivity index (χ0v) is 16.0. The van der Waals surface area contributed by atoms with Crippen molar-refractivity contribution in [2.24, 2.45) is 0 Å². The SMILES string of the molecule is Cc1cnc(N[C@H]2CC[C@H](Nc3ccc(-n4cccc(C#N)c4=O)cn3)C2)cn1. The van der Waals surface area contributed by atoms with Gasteiger partial charge in [-0.3, -0.25) is 14.3 Å². The predicted molar refractivity (Wildman–Crippen MR) is 110 cm³/mol.